The van der Waals surface area contributed by atoms with E-state index in [2.05, 4.69) is 5.32 Å². The molecule has 0 bridgehead atoms. The molecule has 0 spiro atoms. The van der Waals surface area contributed by atoms with Crippen LogP contribution in [-0.4, -0.2) is 44.0 Å². The van der Waals surface area contributed by atoms with Crippen LogP contribution in [0, 0.1) is 0 Å². The fourth-order valence-electron chi connectivity index (χ4n) is 2.03. The largest absolute Gasteiger partial charge is 0.493 e. The zero-order chi connectivity index (χ0) is 18.2. The van der Waals surface area contributed by atoms with Gasteiger partial charge in [-0.15, -0.1) is 0 Å². The van der Waals surface area contributed by atoms with Crippen LogP contribution in [0.15, 0.2) is 48.5 Å². The average molecular weight is 363 g/mol. The number of benzene rings is 2. The third-order valence-electron chi connectivity index (χ3n) is 3.35. The van der Waals surface area contributed by atoms with E-state index in [-0.39, 0.29) is 25.0 Å². The first-order valence-corrected chi connectivity index (χ1v) is 7.92. The first-order chi connectivity index (χ1) is 12.0. The summed E-state index contributed by atoms with van der Waals surface area (Å²) in [5.41, 5.74) is 0.612. The molecule has 2 aromatic carbocycles. The van der Waals surface area contributed by atoms with Crippen molar-refractivity contribution in [1.29, 1.82) is 0 Å². The highest BCUT2D eigenvalue weighted by molar-refractivity contribution is 6.30. The molecule has 0 radical (unpaired) electrons. The lowest BCUT2D eigenvalue weighted by Crippen LogP contribution is -2.37. The number of anilines is 1. The number of ether oxygens (including phenoxy) is 2. The number of halogens is 1. The molecule has 0 aliphatic carbocycles. The van der Waals surface area contributed by atoms with Crippen molar-refractivity contribution in [2.24, 2.45) is 0 Å². The maximum Gasteiger partial charge on any atom is 0.260 e. The van der Waals surface area contributed by atoms with Crippen LogP contribution in [0.2, 0.25) is 5.02 Å². The SMILES string of the molecule is COc1ccccc1OCC(=O)N(C)CC(=O)Nc1ccc(Cl)cc1. The Hall–Kier alpha value is -2.73. The van der Waals surface area contributed by atoms with Crippen molar-refractivity contribution in [3.8, 4) is 11.5 Å². The Morgan fingerprint density at radius 2 is 1.72 bits per heavy atom. The van der Waals surface area contributed by atoms with Gasteiger partial charge in [-0.05, 0) is 36.4 Å². The van der Waals surface area contributed by atoms with Crippen molar-refractivity contribution >= 4 is 29.1 Å². The number of carbonyl (C=O) groups excluding carboxylic acids is 2. The van der Waals surface area contributed by atoms with Crippen molar-refractivity contribution in [2.75, 3.05) is 32.6 Å². The van der Waals surface area contributed by atoms with Crippen LogP contribution in [0.5, 0.6) is 11.5 Å². The van der Waals surface area contributed by atoms with Crippen molar-refractivity contribution in [3.05, 3.63) is 53.6 Å². The summed E-state index contributed by atoms with van der Waals surface area (Å²) in [6, 6.07) is 13.8. The number of likely N-dealkylation sites (N-methyl/N-ethyl adjacent to an activating group) is 1. The molecule has 6 nitrogen and oxygen atoms in total. The van der Waals surface area contributed by atoms with Crippen molar-refractivity contribution < 1.29 is 19.1 Å². The van der Waals surface area contributed by atoms with Crippen LogP contribution < -0.4 is 14.8 Å². The molecule has 1 N–H and O–H groups in total. The summed E-state index contributed by atoms with van der Waals surface area (Å²) < 4.78 is 10.6. The Kier molecular flexibility index (Phi) is 6.65. The van der Waals surface area contributed by atoms with Crippen molar-refractivity contribution in [2.45, 2.75) is 0 Å². The van der Waals surface area contributed by atoms with Gasteiger partial charge < -0.3 is 19.7 Å². The summed E-state index contributed by atoms with van der Waals surface area (Å²) in [4.78, 5) is 25.4. The number of nitrogens with zero attached hydrogens (tertiary/aromatic N) is 1. The molecule has 0 aromatic heterocycles. The van der Waals surface area contributed by atoms with Crippen molar-refractivity contribution in [1.82, 2.24) is 4.90 Å². The molecule has 2 rings (SSSR count). The van der Waals surface area contributed by atoms with Gasteiger partial charge in [0, 0.05) is 17.8 Å². The predicted octanol–water partition coefficient (Wildman–Crippen LogP) is 2.82. The van der Waals surface area contributed by atoms with Crippen LogP contribution in [0.25, 0.3) is 0 Å². The van der Waals surface area contributed by atoms with Crippen LogP contribution in [0.1, 0.15) is 0 Å². The molecular weight excluding hydrogens is 344 g/mol. The Balaban J connectivity index is 1.83. The summed E-state index contributed by atoms with van der Waals surface area (Å²) in [5.74, 6) is 0.378. The lowest BCUT2D eigenvalue weighted by Gasteiger charge is -2.17. The highest BCUT2D eigenvalue weighted by Gasteiger charge is 2.14. The number of hydrogen-bond donors (Lipinski definition) is 1. The molecule has 0 unspecified atom stereocenters. The standard InChI is InChI=1S/C18H19ClN2O4/c1-21(11-17(22)20-14-9-7-13(19)8-10-14)18(23)12-25-16-6-4-3-5-15(16)24-2/h3-10H,11-12H2,1-2H3,(H,20,22). The minimum Gasteiger partial charge on any atom is -0.493 e. The molecule has 0 saturated heterocycles. The number of methoxy groups -OCH3 is 1. The maximum absolute atomic E-state index is 12.1. The zero-order valence-electron chi connectivity index (χ0n) is 14.0. The van der Waals surface area contributed by atoms with Crippen molar-refractivity contribution in [3.63, 3.8) is 0 Å². The van der Waals surface area contributed by atoms with E-state index < -0.39 is 0 Å². The third kappa shape index (κ3) is 5.69. The Morgan fingerprint density at radius 3 is 2.36 bits per heavy atom. The molecule has 2 amide bonds. The molecule has 7 heteroatoms. The van der Waals surface area contributed by atoms with Crippen LogP contribution in [-0.2, 0) is 9.59 Å². The van der Waals surface area contributed by atoms with Gasteiger partial charge in [-0.3, -0.25) is 9.59 Å². The molecule has 132 valence electrons. The van der Waals surface area contributed by atoms with E-state index in [0.717, 1.165) is 0 Å². The summed E-state index contributed by atoms with van der Waals surface area (Å²) >= 11 is 5.79. The lowest BCUT2D eigenvalue weighted by molar-refractivity contribution is -0.135. The second-order valence-electron chi connectivity index (χ2n) is 5.24. The monoisotopic (exact) mass is 362 g/mol. The highest BCUT2D eigenvalue weighted by atomic mass is 35.5. The maximum atomic E-state index is 12.1. The van der Waals surface area contributed by atoms with Crippen LogP contribution in [0.3, 0.4) is 0 Å². The molecule has 0 aliphatic rings. The second kappa shape index (κ2) is 8.94. The number of nitrogens with one attached hydrogen (secondary N) is 1. The van der Waals surface area contributed by atoms with Gasteiger partial charge in [0.05, 0.1) is 13.7 Å². The van der Waals surface area contributed by atoms with Gasteiger partial charge >= 0.3 is 0 Å². The number of hydrogen-bond acceptors (Lipinski definition) is 4. The summed E-state index contributed by atoms with van der Waals surface area (Å²) in [6.07, 6.45) is 0. The van der Waals surface area contributed by atoms with E-state index in [0.29, 0.717) is 22.2 Å². The van der Waals surface area contributed by atoms with E-state index >= 15 is 0 Å². The third-order valence-corrected chi connectivity index (χ3v) is 3.61. The van der Waals surface area contributed by atoms with E-state index in [9.17, 15) is 9.59 Å². The van der Waals surface area contributed by atoms with Crippen LogP contribution >= 0.6 is 11.6 Å². The minimum atomic E-state index is -0.322. The first-order valence-electron chi connectivity index (χ1n) is 7.55. The Bertz CT molecular complexity index is 734. The molecule has 0 atom stereocenters. The summed E-state index contributed by atoms with van der Waals surface area (Å²) in [6.45, 7) is -0.276. The minimum absolute atomic E-state index is 0.0866. The van der Waals surface area contributed by atoms with E-state index in [1.165, 1.54) is 19.1 Å². The smallest absolute Gasteiger partial charge is 0.260 e. The van der Waals surface area contributed by atoms with Gasteiger partial charge in [0.15, 0.2) is 18.1 Å². The summed E-state index contributed by atoms with van der Waals surface area (Å²) in [7, 11) is 3.06. The predicted molar refractivity (Wildman–Crippen MR) is 96.2 cm³/mol. The summed E-state index contributed by atoms with van der Waals surface area (Å²) in [5, 5.41) is 3.28. The second-order valence-corrected chi connectivity index (χ2v) is 5.68. The molecule has 0 fully saturated rings. The van der Waals surface area contributed by atoms with Gasteiger partial charge in [0.25, 0.3) is 5.91 Å². The van der Waals surface area contributed by atoms with Crippen LogP contribution in [0.4, 0.5) is 5.69 Å². The van der Waals surface area contributed by atoms with Gasteiger partial charge in [0.1, 0.15) is 0 Å². The van der Waals surface area contributed by atoms with Gasteiger partial charge in [-0.25, -0.2) is 0 Å². The fraction of sp³-hybridized carbons (Fsp3) is 0.222. The first kappa shape index (κ1) is 18.6. The number of amides is 2. The quantitative estimate of drug-likeness (QED) is 0.822. The van der Waals surface area contributed by atoms with E-state index in [1.54, 1.807) is 48.5 Å². The molecule has 0 aliphatic heterocycles. The average Bonchev–Trinajstić information content (AvgIpc) is 2.61. The molecule has 0 saturated carbocycles. The van der Waals surface area contributed by atoms with Gasteiger partial charge in [0.2, 0.25) is 5.91 Å². The lowest BCUT2D eigenvalue weighted by atomic mass is 10.3. The highest BCUT2D eigenvalue weighted by Crippen LogP contribution is 2.25. The molecule has 25 heavy (non-hydrogen) atoms. The topological polar surface area (TPSA) is 67.9 Å². The molecular formula is C18H19ClN2O4. The van der Waals surface area contributed by atoms with E-state index in [4.69, 9.17) is 21.1 Å². The van der Waals surface area contributed by atoms with Gasteiger partial charge in [-0.1, -0.05) is 23.7 Å². The number of para-hydroxylation sites is 2. The normalized spacial score (nSPS) is 10.0. The number of carbonyl (C=O) groups is 2. The fourth-order valence-corrected chi connectivity index (χ4v) is 2.15. The molecule has 2 aromatic rings. The molecule has 0 heterocycles. The van der Waals surface area contributed by atoms with E-state index in [1.807, 2.05) is 0 Å². The Morgan fingerprint density at radius 1 is 1.08 bits per heavy atom. The zero-order valence-corrected chi connectivity index (χ0v) is 14.7. The van der Waals surface area contributed by atoms with Gasteiger partial charge in [-0.2, -0.15) is 0 Å². The Labute approximate surface area is 151 Å². The number of rotatable bonds is 7.